The fourth-order valence-corrected chi connectivity index (χ4v) is 1.20. The lowest BCUT2D eigenvalue weighted by Gasteiger charge is -2.12. The van der Waals surface area contributed by atoms with Gasteiger partial charge in [-0.3, -0.25) is 4.79 Å². The van der Waals surface area contributed by atoms with Gasteiger partial charge >= 0.3 is 0 Å². The number of rotatable bonds is 2. The minimum Gasteiger partial charge on any atom is -0.391 e. The van der Waals surface area contributed by atoms with Crippen LogP contribution in [0.5, 0.6) is 0 Å². The highest BCUT2D eigenvalue weighted by molar-refractivity contribution is 5.85. The van der Waals surface area contributed by atoms with E-state index in [2.05, 4.69) is 10.6 Å². The second-order valence-corrected chi connectivity index (χ2v) is 2.92. The van der Waals surface area contributed by atoms with E-state index < -0.39 is 0 Å². The fraction of sp³-hybridized carbons (Fsp3) is 0.857. The monoisotopic (exact) mass is 194 g/mol. The van der Waals surface area contributed by atoms with Gasteiger partial charge in [0.2, 0.25) is 5.91 Å². The average Bonchev–Trinajstić information content (AvgIpc) is 2.31. The molecule has 72 valence electrons. The second kappa shape index (κ2) is 5.35. The van der Waals surface area contributed by atoms with Crippen LogP contribution in [0.2, 0.25) is 0 Å². The highest BCUT2D eigenvalue weighted by Crippen LogP contribution is 2.06. The maximum Gasteiger partial charge on any atom is 0.216 e. The lowest BCUT2D eigenvalue weighted by atomic mass is 10.1. The van der Waals surface area contributed by atoms with Gasteiger partial charge in [0.25, 0.3) is 0 Å². The SMILES string of the molecule is CC(=O)NCC1CNCC1O.Cl. The van der Waals surface area contributed by atoms with Crippen LogP contribution in [0.25, 0.3) is 0 Å². The number of hydrogen-bond acceptors (Lipinski definition) is 3. The molecule has 2 atom stereocenters. The van der Waals surface area contributed by atoms with E-state index in [1.165, 1.54) is 6.92 Å². The van der Waals surface area contributed by atoms with Crippen molar-refractivity contribution in [2.75, 3.05) is 19.6 Å². The average molecular weight is 195 g/mol. The molecule has 5 heteroatoms. The van der Waals surface area contributed by atoms with E-state index in [-0.39, 0.29) is 30.3 Å². The zero-order valence-electron chi connectivity index (χ0n) is 7.04. The Balaban J connectivity index is 0.00000121. The molecule has 0 spiro atoms. The summed E-state index contributed by atoms with van der Waals surface area (Å²) < 4.78 is 0. The summed E-state index contributed by atoms with van der Waals surface area (Å²) in [5, 5.41) is 15.0. The lowest BCUT2D eigenvalue weighted by Crippen LogP contribution is -2.32. The smallest absolute Gasteiger partial charge is 0.216 e. The number of carbonyl (C=O) groups is 1. The summed E-state index contributed by atoms with van der Waals surface area (Å²) in [6.45, 7) is 3.49. The van der Waals surface area contributed by atoms with Crippen LogP contribution < -0.4 is 10.6 Å². The third kappa shape index (κ3) is 3.38. The molecule has 1 fully saturated rings. The maximum atomic E-state index is 10.5. The molecule has 0 aromatic rings. The zero-order valence-corrected chi connectivity index (χ0v) is 7.86. The topological polar surface area (TPSA) is 61.4 Å². The van der Waals surface area contributed by atoms with E-state index in [0.717, 1.165) is 6.54 Å². The molecule has 12 heavy (non-hydrogen) atoms. The first-order chi connectivity index (χ1) is 5.20. The van der Waals surface area contributed by atoms with Gasteiger partial charge in [-0.15, -0.1) is 12.4 Å². The van der Waals surface area contributed by atoms with Crippen molar-refractivity contribution in [2.45, 2.75) is 13.0 Å². The van der Waals surface area contributed by atoms with Crippen molar-refractivity contribution in [3.63, 3.8) is 0 Å². The fourth-order valence-electron chi connectivity index (χ4n) is 1.20. The van der Waals surface area contributed by atoms with Crippen molar-refractivity contribution in [3.8, 4) is 0 Å². The molecule has 0 saturated carbocycles. The predicted molar refractivity (Wildman–Crippen MR) is 48.3 cm³/mol. The first-order valence-electron chi connectivity index (χ1n) is 3.83. The Morgan fingerprint density at radius 2 is 2.33 bits per heavy atom. The zero-order chi connectivity index (χ0) is 8.27. The summed E-state index contributed by atoms with van der Waals surface area (Å²) >= 11 is 0. The van der Waals surface area contributed by atoms with Crippen molar-refractivity contribution < 1.29 is 9.90 Å². The summed E-state index contributed by atoms with van der Waals surface area (Å²) in [5.41, 5.74) is 0. The van der Waals surface area contributed by atoms with Crippen LogP contribution in [-0.4, -0.2) is 36.8 Å². The third-order valence-electron chi connectivity index (χ3n) is 1.92. The number of halogens is 1. The van der Waals surface area contributed by atoms with Crippen LogP contribution in [0.3, 0.4) is 0 Å². The van der Waals surface area contributed by atoms with Gasteiger partial charge in [0.1, 0.15) is 0 Å². The first kappa shape index (κ1) is 11.7. The standard InChI is InChI=1S/C7H14N2O2.ClH/c1-5(10)9-3-6-2-8-4-7(6)11;/h6-8,11H,2-4H2,1H3,(H,9,10);1H. The number of aliphatic hydroxyl groups excluding tert-OH is 1. The van der Waals surface area contributed by atoms with Crippen molar-refractivity contribution in [1.29, 1.82) is 0 Å². The maximum absolute atomic E-state index is 10.5. The molecule has 3 N–H and O–H groups in total. The summed E-state index contributed by atoms with van der Waals surface area (Å²) in [7, 11) is 0. The molecule has 1 saturated heterocycles. The van der Waals surface area contributed by atoms with E-state index in [4.69, 9.17) is 0 Å². The minimum atomic E-state index is -0.304. The summed E-state index contributed by atoms with van der Waals surface area (Å²) in [5.74, 6) is 0.142. The van der Waals surface area contributed by atoms with Crippen molar-refractivity contribution in [1.82, 2.24) is 10.6 Å². The van der Waals surface area contributed by atoms with Gasteiger partial charge in [-0.1, -0.05) is 0 Å². The van der Waals surface area contributed by atoms with E-state index in [0.29, 0.717) is 13.1 Å². The predicted octanol–water partition coefficient (Wildman–Crippen LogP) is -0.875. The van der Waals surface area contributed by atoms with Crippen LogP contribution in [0.1, 0.15) is 6.92 Å². The Morgan fingerprint density at radius 3 is 2.75 bits per heavy atom. The summed E-state index contributed by atoms with van der Waals surface area (Å²) in [4.78, 5) is 10.5. The molecular formula is C7H15ClN2O2. The van der Waals surface area contributed by atoms with Gasteiger partial charge in [-0.05, 0) is 0 Å². The van der Waals surface area contributed by atoms with Crippen LogP contribution in [0.4, 0.5) is 0 Å². The molecule has 0 bridgehead atoms. The Labute approximate surface area is 78.1 Å². The van der Waals surface area contributed by atoms with Gasteiger partial charge in [-0.2, -0.15) is 0 Å². The summed E-state index contributed by atoms with van der Waals surface area (Å²) in [6, 6.07) is 0. The van der Waals surface area contributed by atoms with Crippen molar-refractivity contribution >= 4 is 18.3 Å². The number of amides is 1. The highest BCUT2D eigenvalue weighted by atomic mass is 35.5. The molecule has 1 heterocycles. The lowest BCUT2D eigenvalue weighted by molar-refractivity contribution is -0.119. The van der Waals surface area contributed by atoms with Crippen LogP contribution in [0, 0.1) is 5.92 Å². The van der Waals surface area contributed by atoms with Crippen molar-refractivity contribution in [3.05, 3.63) is 0 Å². The highest BCUT2D eigenvalue weighted by Gasteiger charge is 2.24. The van der Waals surface area contributed by atoms with E-state index in [9.17, 15) is 9.90 Å². The Hall–Kier alpha value is -0.320. The van der Waals surface area contributed by atoms with Crippen LogP contribution >= 0.6 is 12.4 Å². The molecule has 1 amide bonds. The number of hydrogen-bond donors (Lipinski definition) is 3. The molecule has 0 aromatic carbocycles. The number of β-amino-alcohol motifs (C(OH)–C–C–N with tert-alkyl or cyclic N) is 1. The Morgan fingerprint density at radius 1 is 1.67 bits per heavy atom. The normalized spacial score (nSPS) is 27.8. The molecule has 0 aromatic heterocycles. The van der Waals surface area contributed by atoms with Gasteiger partial charge in [0, 0.05) is 32.5 Å². The van der Waals surface area contributed by atoms with E-state index >= 15 is 0 Å². The van der Waals surface area contributed by atoms with Gasteiger partial charge in [0.05, 0.1) is 6.10 Å². The molecule has 0 aliphatic carbocycles. The van der Waals surface area contributed by atoms with Crippen LogP contribution in [0.15, 0.2) is 0 Å². The first-order valence-corrected chi connectivity index (χ1v) is 3.83. The Bertz CT molecular complexity index is 154. The molecule has 1 aliphatic rings. The largest absolute Gasteiger partial charge is 0.391 e. The van der Waals surface area contributed by atoms with Crippen molar-refractivity contribution in [2.24, 2.45) is 5.92 Å². The molecule has 1 rings (SSSR count). The third-order valence-corrected chi connectivity index (χ3v) is 1.92. The van der Waals surface area contributed by atoms with E-state index in [1.807, 2.05) is 0 Å². The van der Waals surface area contributed by atoms with Gasteiger partial charge < -0.3 is 15.7 Å². The molecule has 4 nitrogen and oxygen atoms in total. The minimum absolute atomic E-state index is 0. The number of nitrogens with one attached hydrogen (secondary N) is 2. The van der Waals surface area contributed by atoms with Crippen LogP contribution in [-0.2, 0) is 4.79 Å². The molecular weight excluding hydrogens is 180 g/mol. The quantitative estimate of drug-likeness (QED) is 0.536. The number of carbonyl (C=O) groups excluding carboxylic acids is 1. The Kier molecular flexibility index (Phi) is 5.20. The molecule has 2 unspecified atom stereocenters. The van der Waals surface area contributed by atoms with E-state index in [1.54, 1.807) is 0 Å². The van der Waals surface area contributed by atoms with Gasteiger partial charge in [0.15, 0.2) is 0 Å². The van der Waals surface area contributed by atoms with Gasteiger partial charge in [-0.25, -0.2) is 0 Å². The molecule has 1 aliphatic heterocycles. The summed E-state index contributed by atoms with van der Waals surface area (Å²) in [6.07, 6.45) is -0.304. The number of aliphatic hydroxyl groups is 1. The molecule has 0 radical (unpaired) electrons. The second-order valence-electron chi connectivity index (χ2n) is 2.92.